The first-order valence-corrected chi connectivity index (χ1v) is 5.83. The summed E-state index contributed by atoms with van der Waals surface area (Å²) in [5, 5.41) is 3.46. The first kappa shape index (κ1) is 12.2. The molecular formula is C12H22N2O. The summed E-state index contributed by atoms with van der Waals surface area (Å²) in [5.41, 5.74) is 0. The third-order valence-electron chi connectivity index (χ3n) is 2.88. The highest BCUT2D eigenvalue weighted by atomic mass is 16.4. The van der Waals surface area contributed by atoms with Crippen LogP contribution in [0.15, 0.2) is 10.6 Å². The van der Waals surface area contributed by atoms with E-state index in [1.807, 2.05) is 6.92 Å². The molecular weight excluding hydrogens is 188 g/mol. The van der Waals surface area contributed by atoms with Gasteiger partial charge in [0.1, 0.15) is 5.76 Å². The number of rotatable bonds is 6. The molecule has 1 atom stereocenters. The number of aromatic nitrogens is 1. The highest BCUT2D eigenvalue weighted by Crippen LogP contribution is 2.13. The quantitative estimate of drug-likeness (QED) is 0.784. The molecule has 3 heteroatoms. The predicted octanol–water partition coefficient (Wildman–Crippen LogP) is 3.07. The van der Waals surface area contributed by atoms with E-state index in [0.29, 0.717) is 0 Å². The molecule has 1 heterocycles. The molecule has 1 unspecified atom stereocenters. The predicted molar refractivity (Wildman–Crippen MR) is 61.7 cm³/mol. The molecule has 0 radical (unpaired) electrons. The third kappa shape index (κ3) is 3.67. The van der Waals surface area contributed by atoms with Gasteiger partial charge in [-0.3, -0.25) is 0 Å². The molecule has 0 aliphatic heterocycles. The van der Waals surface area contributed by atoms with Gasteiger partial charge in [-0.25, -0.2) is 4.98 Å². The lowest BCUT2D eigenvalue weighted by Crippen LogP contribution is -2.25. The molecule has 1 aromatic heterocycles. The number of aryl methyl sites for hydroxylation is 1. The summed E-state index contributed by atoms with van der Waals surface area (Å²) >= 11 is 0. The summed E-state index contributed by atoms with van der Waals surface area (Å²) < 4.78 is 5.47. The van der Waals surface area contributed by atoms with Crippen molar-refractivity contribution >= 4 is 0 Å². The van der Waals surface area contributed by atoms with Gasteiger partial charge in [0.15, 0.2) is 0 Å². The van der Waals surface area contributed by atoms with E-state index < -0.39 is 0 Å². The Kier molecular flexibility index (Phi) is 4.82. The average Bonchev–Trinajstić information content (AvgIpc) is 2.66. The molecule has 0 spiro atoms. The van der Waals surface area contributed by atoms with Crippen LogP contribution in [0, 0.1) is 12.8 Å². The first-order valence-electron chi connectivity index (χ1n) is 5.83. The minimum absolute atomic E-state index is 0.208. The van der Waals surface area contributed by atoms with E-state index in [1.54, 1.807) is 6.20 Å². The summed E-state index contributed by atoms with van der Waals surface area (Å²) in [6, 6.07) is 0.208. The van der Waals surface area contributed by atoms with Gasteiger partial charge in [-0.2, -0.15) is 0 Å². The molecule has 0 saturated heterocycles. The van der Waals surface area contributed by atoms with Crippen molar-refractivity contribution in [2.24, 2.45) is 5.92 Å². The van der Waals surface area contributed by atoms with E-state index in [-0.39, 0.29) is 6.04 Å². The Hall–Kier alpha value is -0.830. The smallest absolute Gasteiger partial charge is 0.211 e. The van der Waals surface area contributed by atoms with Gasteiger partial charge in [0.25, 0.3) is 0 Å². The lowest BCUT2D eigenvalue weighted by atomic mass is 10.0. The maximum Gasteiger partial charge on any atom is 0.211 e. The summed E-state index contributed by atoms with van der Waals surface area (Å²) in [7, 11) is 0. The van der Waals surface area contributed by atoms with Gasteiger partial charge in [-0.1, -0.05) is 26.7 Å². The van der Waals surface area contributed by atoms with Crippen molar-refractivity contribution in [3.05, 3.63) is 17.8 Å². The maximum atomic E-state index is 5.47. The second-order valence-corrected chi connectivity index (χ2v) is 4.12. The monoisotopic (exact) mass is 210 g/mol. The number of nitrogens with one attached hydrogen (secondary N) is 1. The molecule has 1 rings (SSSR count). The average molecular weight is 210 g/mol. The van der Waals surface area contributed by atoms with E-state index in [1.165, 1.54) is 12.8 Å². The SMILES string of the molecule is CCC(CC)CNC(C)c1ncc(C)o1. The van der Waals surface area contributed by atoms with Crippen LogP contribution in [0.5, 0.6) is 0 Å². The Morgan fingerprint density at radius 3 is 2.53 bits per heavy atom. The third-order valence-corrected chi connectivity index (χ3v) is 2.88. The molecule has 1 N–H and O–H groups in total. The minimum Gasteiger partial charge on any atom is -0.444 e. The molecule has 3 nitrogen and oxygen atoms in total. The van der Waals surface area contributed by atoms with Gasteiger partial charge in [0.2, 0.25) is 5.89 Å². The van der Waals surface area contributed by atoms with Gasteiger partial charge < -0.3 is 9.73 Å². The molecule has 0 aromatic carbocycles. The number of oxazole rings is 1. The lowest BCUT2D eigenvalue weighted by molar-refractivity contribution is 0.367. The van der Waals surface area contributed by atoms with Crippen molar-refractivity contribution in [3.63, 3.8) is 0 Å². The zero-order valence-electron chi connectivity index (χ0n) is 10.2. The van der Waals surface area contributed by atoms with Crippen LogP contribution in [-0.4, -0.2) is 11.5 Å². The van der Waals surface area contributed by atoms with Gasteiger partial charge in [-0.15, -0.1) is 0 Å². The Balaban J connectivity index is 2.39. The molecule has 0 aliphatic carbocycles. The largest absolute Gasteiger partial charge is 0.444 e. The first-order chi connectivity index (χ1) is 7.17. The second-order valence-electron chi connectivity index (χ2n) is 4.12. The fraction of sp³-hybridized carbons (Fsp3) is 0.750. The van der Waals surface area contributed by atoms with Crippen LogP contribution in [0.1, 0.15) is 51.3 Å². The van der Waals surface area contributed by atoms with E-state index in [9.17, 15) is 0 Å². The van der Waals surface area contributed by atoms with Gasteiger partial charge in [-0.05, 0) is 26.3 Å². The Bertz CT molecular complexity index is 279. The summed E-state index contributed by atoms with van der Waals surface area (Å²) in [6.07, 6.45) is 4.21. The van der Waals surface area contributed by atoms with E-state index in [4.69, 9.17) is 4.42 Å². The molecule has 0 aliphatic rings. The van der Waals surface area contributed by atoms with E-state index >= 15 is 0 Å². The van der Waals surface area contributed by atoms with Crippen LogP contribution < -0.4 is 5.32 Å². The van der Waals surface area contributed by atoms with Crippen LogP contribution in [0.2, 0.25) is 0 Å². The zero-order valence-corrected chi connectivity index (χ0v) is 10.2. The van der Waals surface area contributed by atoms with E-state index in [2.05, 4.69) is 31.1 Å². The van der Waals surface area contributed by atoms with Gasteiger partial charge in [0.05, 0.1) is 12.2 Å². The Morgan fingerprint density at radius 2 is 2.07 bits per heavy atom. The van der Waals surface area contributed by atoms with Crippen molar-refractivity contribution in [3.8, 4) is 0 Å². The zero-order chi connectivity index (χ0) is 11.3. The highest BCUT2D eigenvalue weighted by Gasteiger charge is 2.12. The fourth-order valence-corrected chi connectivity index (χ4v) is 1.58. The Labute approximate surface area is 92.3 Å². The normalized spacial score (nSPS) is 13.4. The molecule has 86 valence electrons. The maximum absolute atomic E-state index is 5.47. The minimum atomic E-state index is 0.208. The van der Waals surface area contributed by atoms with E-state index in [0.717, 1.165) is 24.1 Å². The fourth-order valence-electron chi connectivity index (χ4n) is 1.58. The molecule has 15 heavy (non-hydrogen) atoms. The molecule has 1 aromatic rings. The number of hydrogen-bond acceptors (Lipinski definition) is 3. The van der Waals surface area contributed by atoms with Gasteiger partial charge >= 0.3 is 0 Å². The molecule has 0 amide bonds. The molecule has 0 saturated carbocycles. The second kappa shape index (κ2) is 5.91. The summed E-state index contributed by atoms with van der Waals surface area (Å²) in [5.74, 6) is 2.42. The Morgan fingerprint density at radius 1 is 1.40 bits per heavy atom. The number of hydrogen-bond donors (Lipinski definition) is 1. The van der Waals surface area contributed by atoms with Crippen LogP contribution in [0.4, 0.5) is 0 Å². The van der Waals surface area contributed by atoms with Crippen LogP contribution >= 0.6 is 0 Å². The van der Waals surface area contributed by atoms with Crippen molar-refractivity contribution in [2.45, 2.75) is 46.6 Å². The van der Waals surface area contributed by atoms with Crippen molar-refractivity contribution in [1.82, 2.24) is 10.3 Å². The summed E-state index contributed by atoms with van der Waals surface area (Å²) in [6.45, 7) is 9.51. The summed E-state index contributed by atoms with van der Waals surface area (Å²) in [4.78, 5) is 4.22. The lowest BCUT2D eigenvalue weighted by Gasteiger charge is -2.16. The van der Waals surface area contributed by atoms with Crippen LogP contribution in [0.3, 0.4) is 0 Å². The van der Waals surface area contributed by atoms with Crippen LogP contribution in [0.25, 0.3) is 0 Å². The van der Waals surface area contributed by atoms with Crippen LogP contribution in [-0.2, 0) is 0 Å². The molecule has 0 bridgehead atoms. The van der Waals surface area contributed by atoms with Crippen molar-refractivity contribution in [1.29, 1.82) is 0 Å². The topological polar surface area (TPSA) is 38.1 Å². The highest BCUT2D eigenvalue weighted by molar-refractivity contribution is 4.94. The molecule has 0 fully saturated rings. The standard InChI is InChI=1S/C12H22N2O/c1-5-11(6-2)8-13-10(4)12-14-7-9(3)15-12/h7,10-11,13H,5-6,8H2,1-4H3. The van der Waals surface area contributed by atoms with Gasteiger partial charge in [0, 0.05) is 0 Å². The van der Waals surface area contributed by atoms with Crippen molar-refractivity contribution < 1.29 is 4.42 Å². The number of nitrogens with zero attached hydrogens (tertiary/aromatic N) is 1. The van der Waals surface area contributed by atoms with Crippen molar-refractivity contribution in [2.75, 3.05) is 6.54 Å².